The van der Waals surface area contributed by atoms with Gasteiger partial charge in [0.05, 0.1) is 24.4 Å². The van der Waals surface area contributed by atoms with Gasteiger partial charge in [-0.25, -0.2) is 9.97 Å². The average molecular weight is 433 g/mol. The summed E-state index contributed by atoms with van der Waals surface area (Å²) in [5.41, 5.74) is 8.16. The molecule has 0 saturated heterocycles. The fourth-order valence-electron chi connectivity index (χ4n) is 3.94. The fraction of sp³-hybridized carbons (Fsp3) is 0.320. The number of anilines is 1. The lowest BCUT2D eigenvalue weighted by atomic mass is 10.0. The fourth-order valence-corrected chi connectivity index (χ4v) is 3.94. The molecule has 1 heterocycles. The Kier molecular flexibility index (Phi) is 5.99. The zero-order chi connectivity index (χ0) is 22.7. The molecule has 0 atom stereocenters. The van der Waals surface area contributed by atoms with Crippen LogP contribution in [0.3, 0.4) is 0 Å². The molecule has 0 bridgehead atoms. The molecule has 1 saturated carbocycles. The summed E-state index contributed by atoms with van der Waals surface area (Å²) in [5, 5.41) is 0. The smallest absolute Gasteiger partial charge is 0.267 e. The number of hydrogen-bond acceptors (Lipinski definition) is 6. The SMILES string of the molecule is CCOc1ccc(C2(N(C)c3nc(C(N)=O)cc(-c4ccccc4)n3)CC2)cc1OCC. The molecule has 1 aliphatic carbocycles. The van der Waals surface area contributed by atoms with Crippen molar-refractivity contribution in [3.8, 4) is 22.8 Å². The number of carbonyl (C=O) groups is 1. The van der Waals surface area contributed by atoms with Crippen molar-refractivity contribution in [1.29, 1.82) is 0 Å². The summed E-state index contributed by atoms with van der Waals surface area (Å²) in [4.78, 5) is 23.3. The molecule has 1 aliphatic rings. The van der Waals surface area contributed by atoms with Gasteiger partial charge in [0.2, 0.25) is 5.95 Å². The average Bonchev–Trinajstić information content (AvgIpc) is 3.62. The van der Waals surface area contributed by atoms with Gasteiger partial charge in [-0.15, -0.1) is 0 Å². The van der Waals surface area contributed by atoms with E-state index in [1.807, 2.05) is 68.3 Å². The number of aromatic nitrogens is 2. The van der Waals surface area contributed by atoms with Gasteiger partial charge in [-0.3, -0.25) is 4.79 Å². The zero-order valence-electron chi connectivity index (χ0n) is 18.7. The minimum absolute atomic E-state index is 0.193. The van der Waals surface area contributed by atoms with E-state index in [1.54, 1.807) is 6.07 Å². The Hall–Kier alpha value is -3.61. The van der Waals surface area contributed by atoms with E-state index in [0.717, 1.165) is 35.5 Å². The van der Waals surface area contributed by atoms with Gasteiger partial charge in [-0.1, -0.05) is 36.4 Å². The Balaban J connectivity index is 1.74. The van der Waals surface area contributed by atoms with Crippen LogP contribution in [0.4, 0.5) is 5.95 Å². The van der Waals surface area contributed by atoms with Crippen LogP contribution >= 0.6 is 0 Å². The van der Waals surface area contributed by atoms with Crippen molar-refractivity contribution in [1.82, 2.24) is 9.97 Å². The second kappa shape index (κ2) is 8.86. The number of carbonyl (C=O) groups excluding carboxylic acids is 1. The predicted molar refractivity (Wildman–Crippen MR) is 124 cm³/mol. The van der Waals surface area contributed by atoms with Crippen molar-refractivity contribution in [2.45, 2.75) is 32.2 Å². The van der Waals surface area contributed by atoms with Crippen molar-refractivity contribution < 1.29 is 14.3 Å². The van der Waals surface area contributed by atoms with Gasteiger partial charge in [0.15, 0.2) is 11.5 Å². The van der Waals surface area contributed by atoms with Gasteiger partial charge in [-0.05, 0) is 50.5 Å². The summed E-state index contributed by atoms with van der Waals surface area (Å²) in [6.07, 6.45) is 1.88. The molecular formula is C25H28N4O3. The summed E-state index contributed by atoms with van der Waals surface area (Å²) in [5.74, 6) is 1.34. The maximum Gasteiger partial charge on any atom is 0.267 e. The van der Waals surface area contributed by atoms with Crippen molar-refractivity contribution in [2.75, 3.05) is 25.2 Å². The summed E-state index contributed by atoms with van der Waals surface area (Å²) in [6, 6.07) is 17.4. The molecule has 2 aromatic carbocycles. The van der Waals surface area contributed by atoms with Crippen LogP contribution in [0.1, 0.15) is 42.7 Å². The molecule has 0 unspecified atom stereocenters. The molecule has 0 aliphatic heterocycles. The summed E-state index contributed by atoms with van der Waals surface area (Å²) < 4.78 is 11.5. The first-order valence-electron chi connectivity index (χ1n) is 10.9. The lowest BCUT2D eigenvalue weighted by Crippen LogP contribution is -2.33. The molecule has 0 radical (unpaired) electrons. The minimum atomic E-state index is -0.580. The Morgan fingerprint density at radius 3 is 2.31 bits per heavy atom. The first kappa shape index (κ1) is 21.6. The van der Waals surface area contributed by atoms with E-state index in [2.05, 4.69) is 11.1 Å². The molecule has 1 amide bonds. The van der Waals surface area contributed by atoms with Gasteiger partial charge in [0.1, 0.15) is 5.69 Å². The van der Waals surface area contributed by atoms with Crippen LogP contribution in [0.5, 0.6) is 11.5 Å². The van der Waals surface area contributed by atoms with E-state index < -0.39 is 5.91 Å². The quantitative estimate of drug-likeness (QED) is 0.546. The second-order valence-electron chi connectivity index (χ2n) is 7.79. The number of ether oxygens (including phenoxy) is 2. The second-order valence-corrected chi connectivity index (χ2v) is 7.79. The van der Waals surface area contributed by atoms with Crippen molar-refractivity contribution >= 4 is 11.9 Å². The Morgan fingerprint density at radius 1 is 1.00 bits per heavy atom. The summed E-state index contributed by atoms with van der Waals surface area (Å²) in [7, 11) is 1.96. The van der Waals surface area contributed by atoms with Gasteiger partial charge in [-0.2, -0.15) is 0 Å². The largest absolute Gasteiger partial charge is 0.490 e. The van der Waals surface area contributed by atoms with Crippen molar-refractivity contribution in [3.05, 3.63) is 65.9 Å². The van der Waals surface area contributed by atoms with E-state index in [0.29, 0.717) is 24.9 Å². The van der Waals surface area contributed by atoms with Gasteiger partial charge in [0, 0.05) is 12.6 Å². The molecule has 166 valence electrons. The number of primary amides is 1. The van der Waals surface area contributed by atoms with Crippen molar-refractivity contribution in [3.63, 3.8) is 0 Å². The number of nitrogens with two attached hydrogens (primary N) is 1. The Bertz CT molecular complexity index is 1110. The Labute approximate surface area is 188 Å². The molecule has 32 heavy (non-hydrogen) atoms. The third-order valence-corrected chi connectivity index (χ3v) is 5.78. The third kappa shape index (κ3) is 4.10. The van der Waals surface area contributed by atoms with E-state index in [9.17, 15) is 4.79 Å². The number of amides is 1. The third-order valence-electron chi connectivity index (χ3n) is 5.78. The topological polar surface area (TPSA) is 90.6 Å². The first-order chi connectivity index (χ1) is 15.5. The maximum absolute atomic E-state index is 12.0. The van der Waals surface area contributed by atoms with Crippen LogP contribution in [-0.4, -0.2) is 36.1 Å². The zero-order valence-corrected chi connectivity index (χ0v) is 18.7. The van der Waals surface area contributed by atoms with E-state index in [-0.39, 0.29) is 11.2 Å². The van der Waals surface area contributed by atoms with E-state index in [1.165, 1.54) is 0 Å². The van der Waals surface area contributed by atoms with Gasteiger partial charge >= 0.3 is 0 Å². The van der Waals surface area contributed by atoms with Crippen LogP contribution in [-0.2, 0) is 5.54 Å². The monoisotopic (exact) mass is 432 g/mol. The molecule has 3 aromatic rings. The van der Waals surface area contributed by atoms with Crippen molar-refractivity contribution in [2.24, 2.45) is 5.73 Å². The van der Waals surface area contributed by atoms with Crippen LogP contribution in [0.25, 0.3) is 11.3 Å². The van der Waals surface area contributed by atoms with Gasteiger partial charge in [0.25, 0.3) is 5.91 Å². The highest BCUT2D eigenvalue weighted by atomic mass is 16.5. The highest BCUT2D eigenvalue weighted by molar-refractivity contribution is 5.92. The highest BCUT2D eigenvalue weighted by Gasteiger charge is 2.49. The molecule has 1 fully saturated rings. The van der Waals surface area contributed by atoms with Crippen LogP contribution in [0.15, 0.2) is 54.6 Å². The predicted octanol–water partition coefficient (Wildman–Crippen LogP) is 4.17. The molecule has 1 aromatic heterocycles. The van der Waals surface area contributed by atoms with Crippen LogP contribution in [0.2, 0.25) is 0 Å². The molecule has 4 rings (SSSR count). The number of rotatable bonds is 9. The number of nitrogens with zero attached hydrogens (tertiary/aromatic N) is 3. The van der Waals surface area contributed by atoms with Crippen LogP contribution in [0, 0.1) is 0 Å². The summed E-state index contributed by atoms with van der Waals surface area (Å²) in [6.45, 7) is 5.03. The lowest BCUT2D eigenvalue weighted by molar-refractivity contribution is 0.0995. The lowest BCUT2D eigenvalue weighted by Gasteiger charge is -2.30. The molecule has 7 heteroatoms. The number of benzene rings is 2. The highest BCUT2D eigenvalue weighted by Crippen LogP contribution is 2.52. The summed E-state index contributed by atoms with van der Waals surface area (Å²) >= 11 is 0. The minimum Gasteiger partial charge on any atom is -0.490 e. The number of hydrogen-bond donors (Lipinski definition) is 1. The molecule has 2 N–H and O–H groups in total. The van der Waals surface area contributed by atoms with Crippen LogP contribution < -0.4 is 20.1 Å². The normalized spacial score (nSPS) is 14.0. The Morgan fingerprint density at radius 2 is 1.69 bits per heavy atom. The standard InChI is InChI=1S/C25H28N4O3/c1-4-31-21-12-11-18(15-22(21)32-5-2)25(13-14-25)29(3)24-27-19(16-20(28-24)23(26)30)17-9-7-6-8-10-17/h6-12,15-16H,4-5,13-14H2,1-3H3,(H2,26,30). The van der Waals surface area contributed by atoms with E-state index in [4.69, 9.17) is 20.2 Å². The molecular weight excluding hydrogens is 404 g/mol. The maximum atomic E-state index is 12.0. The van der Waals surface area contributed by atoms with E-state index >= 15 is 0 Å². The first-order valence-corrected chi connectivity index (χ1v) is 10.9. The molecule has 0 spiro atoms. The molecule has 7 nitrogen and oxygen atoms in total. The van der Waals surface area contributed by atoms with Gasteiger partial charge < -0.3 is 20.1 Å².